The van der Waals surface area contributed by atoms with E-state index in [0.717, 1.165) is 0 Å². The molecule has 0 bridgehead atoms. The molecule has 1 fully saturated rings. The fourth-order valence-corrected chi connectivity index (χ4v) is 4.79. The van der Waals surface area contributed by atoms with Gasteiger partial charge in [-0.05, 0) is 6.07 Å². The van der Waals surface area contributed by atoms with Crippen LogP contribution in [0.1, 0.15) is 0 Å². The molecule has 0 unspecified atom stereocenters. The third-order valence-corrected chi connectivity index (χ3v) is 5.20. The lowest BCUT2D eigenvalue weighted by molar-refractivity contribution is 0.207. The molecule has 1 aliphatic heterocycles. The van der Waals surface area contributed by atoms with E-state index in [1.807, 2.05) is 0 Å². The highest BCUT2D eigenvalue weighted by Gasteiger charge is 2.37. The van der Waals surface area contributed by atoms with Gasteiger partial charge in [0.25, 0.3) is 0 Å². The zero-order valence-electron chi connectivity index (χ0n) is 7.78. The van der Waals surface area contributed by atoms with Gasteiger partial charge in [-0.25, -0.2) is 18.4 Å². The highest BCUT2D eigenvalue weighted by atomic mass is 32.2. The number of hydrogen-bond donors (Lipinski definition) is 1. The van der Waals surface area contributed by atoms with Gasteiger partial charge in [0.1, 0.15) is 0 Å². The van der Waals surface area contributed by atoms with Crippen molar-refractivity contribution in [3.63, 3.8) is 0 Å². The maximum Gasteiger partial charge on any atom is 0.187 e. The normalized spacial score (nSPS) is 29.1. The van der Waals surface area contributed by atoms with Gasteiger partial charge < -0.3 is 5.11 Å². The smallest absolute Gasteiger partial charge is 0.187 e. The van der Waals surface area contributed by atoms with Crippen LogP contribution < -0.4 is 0 Å². The van der Waals surface area contributed by atoms with Gasteiger partial charge >= 0.3 is 0 Å². The van der Waals surface area contributed by atoms with Crippen LogP contribution in [0.3, 0.4) is 0 Å². The quantitative estimate of drug-likeness (QED) is 0.723. The molecule has 82 valence electrons. The molecule has 7 heteroatoms. The van der Waals surface area contributed by atoms with E-state index < -0.39 is 15.9 Å². The summed E-state index contributed by atoms with van der Waals surface area (Å²) in [4.78, 5) is 7.94. The molecule has 2 atom stereocenters. The second-order valence-electron chi connectivity index (χ2n) is 3.33. The fraction of sp³-hybridized carbons (Fsp3) is 0.500. The van der Waals surface area contributed by atoms with Gasteiger partial charge in [0.2, 0.25) is 0 Å². The summed E-state index contributed by atoms with van der Waals surface area (Å²) in [6.07, 6.45) is 2.36. The molecule has 1 aliphatic rings. The number of aromatic nitrogens is 2. The van der Waals surface area contributed by atoms with Crippen molar-refractivity contribution in [3.8, 4) is 0 Å². The van der Waals surface area contributed by atoms with E-state index in [1.54, 1.807) is 18.5 Å². The SMILES string of the molecule is O=S1(=O)C[C@H](O)[C@H](Sc2ncccn2)C1. The second-order valence-corrected chi connectivity index (χ2v) is 6.69. The van der Waals surface area contributed by atoms with Gasteiger partial charge in [-0.3, -0.25) is 0 Å². The van der Waals surface area contributed by atoms with Crippen LogP contribution in [0.4, 0.5) is 0 Å². The number of sulfone groups is 1. The summed E-state index contributed by atoms with van der Waals surface area (Å²) in [7, 11) is -3.09. The molecule has 0 amide bonds. The van der Waals surface area contributed by atoms with Crippen LogP contribution in [0.2, 0.25) is 0 Å². The Kier molecular flexibility index (Phi) is 2.94. The predicted molar refractivity (Wildman–Crippen MR) is 56.3 cm³/mol. The summed E-state index contributed by atoms with van der Waals surface area (Å²) < 4.78 is 22.5. The van der Waals surface area contributed by atoms with Gasteiger partial charge in [-0.15, -0.1) is 0 Å². The minimum absolute atomic E-state index is 0.00289. The number of rotatable bonds is 2. The summed E-state index contributed by atoms with van der Waals surface area (Å²) >= 11 is 1.21. The topological polar surface area (TPSA) is 80.2 Å². The molecular weight excluding hydrogens is 236 g/mol. The van der Waals surface area contributed by atoms with Crippen LogP contribution in [0.25, 0.3) is 0 Å². The minimum Gasteiger partial charge on any atom is -0.391 e. The van der Waals surface area contributed by atoms with Crippen molar-refractivity contribution in [2.45, 2.75) is 16.5 Å². The van der Waals surface area contributed by atoms with E-state index in [9.17, 15) is 13.5 Å². The lowest BCUT2D eigenvalue weighted by atomic mass is 10.3. The highest BCUT2D eigenvalue weighted by molar-refractivity contribution is 8.01. The van der Waals surface area contributed by atoms with Crippen LogP contribution in [-0.4, -0.2) is 46.4 Å². The first kappa shape index (κ1) is 10.8. The molecule has 2 heterocycles. The zero-order chi connectivity index (χ0) is 10.9. The summed E-state index contributed by atoms with van der Waals surface area (Å²) in [5.74, 6) is -0.158. The molecule has 0 aliphatic carbocycles. The Morgan fingerprint density at radius 2 is 2.00 bits per heavy atom. The molecule has 1 N–H and O–H groups in total. The van der Waals surface area contributed by atoms with Crippen LogP contribution in [-0.2, 0) is 9.84 Å². The van der Waals surface area contributed by atoms with Gasteiger partial charge in [0.05, 0.1) is 22.9 Å². The summed E-state index contributed by atoms with van der Waals surface area (Å²) in [6.45, 7) is 0. The molecule has 0 saturated carbocycles. The van der Waals surface area contributed by atoms with E-state index in [2.05, 4.69) is 9.97 Å². The monoisotopic (exact) mass is 246 g/mol. The average Bonchev–Trinajstić information content (AvgIpc) is 2.41. The largest absolute Gasteiger partial charge is 0.391 e. The van der Waals surface area contributed by atoms with Gasteiger partial charge in [0, 0.05) is 12.4 Å². The maximum atomic E-state index is 11.2. The number of nitrogens with zero attached hydrogens (tertiary/aromatic N) is 2. The molecule has 0 radical (unpaired) electrons. The van der Waals surface area contributed by atoms with Gasteiger partial charge in [0.15, 0.2) is 15.0 Å². The fourth-order valence-electron chi connectivity index (χ4n) is 1.39. The Bertz CT molecular complexity index is 434. The molecule has 2 rings (SSSR count). The summed E-state index contributed by atoms with van der Waals surface area (Å²) in [5, 5.41) is 9.68. The first-order valence-corrected chi connectivity index (χ1v) is 7.09. The Morgan fingerprint density at radius 3 is 2.53 bits per heavy atom. The van der Waals surface area contributed by atoms with E-state index in [0.29, 0.717) is 5.16 Å². The highest BCUT2D eigenvalue weighted by Crippen LogP contribution is 2.28. The van der Waals surface area contributed by atoms with E-state index in [4.69, 9.17) is 0 Å². The molecule has 5 nitrogen and oxygen atoms in total. The molecule has 1 aromatic heterocycles. The van der Waals surface area contributed by atoms with Gasteiger partial charge in [-0.1, -0.05) is 11.8 Å². The third-order valence-electron chi connectivity index (χ3n) is 2.07. The van der Waals surface area contributed by atoms with Crippen LogP contribution in [0, 0.1) is 0 Å². The van der Waals surface area contributed by atoms with Crippen molar-refractivity contribution in [1.82, 2.24) is 9.97 Å². The Hall–Kier alpha value is -0.660. The van der Waals surface area contributed by atoms with Crippen molar-refractivity contribution < 1.29 is 13.5 Å². The zero-order valence-corrected chi connectivity index (χ0v) is 9.41. The van der Waals surface area contributed by atoms with Crippen LogP contribution in [0.5, 0.6) is 0 Å². The van der Waals surface area contributed by atoms with Crippen LogP contribution >= 0.6 is 11.8 Å². The van der Waals surface area contributed by atoms with Crippen molar-refractivity contribution in [1.29, 1.82) is 0 Å². The molecular formula is C8H10N2O3S2. The maximum absolute atomic E-state index is 11.2. The van der Waals surface area contributed by atoms with E-state index in [-0.39, 0.29) is 16.8 Å². The Labute approximate surface area is 91.9 Å². The predicted octanol–water partition coefficient (Wildman–Crippen LogP) is -0.273. The number of thioether (sulfide) groups is 1. The minimum atomic E-state index is -3.09. The first-order chi connectivity index (χ1) is 7.07. The Morgan fingerprint density at radius 1 is 1.33 bits per heavy atom. The molecule has 0 spiro atoms. The van der Waals surface area contributed by atoms with Crippen LogP contribution in [0.15, 0.2) is 23.6 Å². The van der Waals surface area contributed by atoms with Crippen molar-refractivity contribution in [2.24, 2.45) is 0 Å². The van der Waals surface area contributed by atoms with Crippen molar-refractivity contribution >= 4 is 21.6 Å². The standard InChI is InChI=1S/C8H10N2O3S2/c11-6-4-15(12,13)5-7(6)14-8-9-2-1-3-10-8/h1-3,6-7,11H,4-5H2/t6-,7+/m0/s1. The van der Waals surface area contributed by atoms with E-state index >= 15 is 0 Å². The molecule has 1 saturated heterocycles. The van der Waals surface area contributed by atoms with Crippen molar-refractivity contribution in [2.75, 3.05) is 11.5 Å². The number of aliphatic hydroxyl groups is 1. The average molecular weight is 246 g/mol. The lowest BCUT2D eigenvalue weighted by Gasteiger charge is -2.09. The summed E-state index contributed by atoms with van der Waals surface area (Å²) in [6, 6.07) is 1.69. The first-order valence-electron chi connectivity index (χ1n) is 4.39. The molecule has 0 aromatic carbocycles. The summed E-state index contributed by atoms with van der Waals surface area (Å²) in [5.41, 5.74) is 0. The number of aliphatic hydroxyl groups excluding tert-OH is 1. The third kappa shape index (κ3) is 2.67. The molecule has 15 heavy (non-hydrogen) atoms. The lowest BCUT2D eigenvalue weighted by Crippen LogP contribution is -2.20. The second kappa shape index (κ2) is 4.07. The van der Waals surface area contributed by atoms with Gasteiger partial charge in [-0.2, -0.15) is 0 Å². The number of hydrogen-bond acceptors (Lipinski definition) is 6. The van der Waals surface area contributed by atoms with E-state index in [1.165, 1.54) is 11.8 Å². The Balaban J connectivity index is 2.08. The molecule has 1 aromatic rings. The van der Waals surface area contributed by atoms with Crippen molar-refractivity contribution in [3.05, 3.63) is 18.5 Å².